The fraction of sp³-hybridized carbons (Fsp3) is 0.476. The highest BCUT2D eigenvalue weighted by Gasteiger charge is 2.51. The molecule has 0 radical (unpaired) electrons. The summed E-state index contributed by atoms with van der Waals surface area (Å²) in [5, 5.41) is 0.883. The van der Waals surface area contributed by atoms with Crippen molar-refractivity contribution >= 4 is 41.0 Å². The standard InChI is InChI=1S/C21H23Cl2NO4/c1-12(2)9-18(21(27)28-11-13-7-8-14(22)10-17(13)23)24-19(25)15-5-3-4-6-16(15)20(24)26/h3-4,7-8,10,12,15-16,18H,5-6,9,11H2,1-2H3/t15-,16-,18+/m0/s1. The van der Waals surface area contributed by atoms with Crippen LogP contribution in [0.25, 0.3) is 0 Å². The second-order valence-electron chi connectivity index (χ2n) is 7.69. The maximum Gasteiger partial charge on any atom is 0.329 e. The Hall–Kier alpha value is -1.85. The summed E-state index contributed by atoms with van der Waals surface area (Å²) in [5.74, 6) is -1.76. The van der Waals surface area contributed by atoms with Crippen LogP contribution in [0.5, 0.6) is 0 Å². The van der Waals surface area contributed by atoms with Crippen LogP contribution in [0, 0.1) is 17.8 Å². The van der Waals surface area contributed by atoms with E-state index >= 15 is 0 Å². The number of benzene rings is 1. The maximum atomic E-state index is 12.9. The minimum atomic E-state index is -0.920. The number of esters is 1. The molecular formula is C21H23Cl2NO4. The Morgan fingerprint density at radius 2 is 1.75 bits per heavy atom. The van der Waals surface area contributed by atoms with Crippen LogP contribution in [0.15, 0.2) is 30.4 Å². The van der Waals surface area contributed by atoms with Crippen LogP contribution < -0.4 is 0 Å². The Morgan fingerprint density at radius 3 is 2.29 bits per heavy atom. The molecule has 1 saturated heterocycles. The quantitative estimate of drug-likeness (QED) is 0.386. The van der Waals surface area contributed by atoms with Crippen molar-refractivity contribution in [3.05, 3.63) is 46.0 Å². The molecule has 150 valence electrons. The molecule has 1 aromatic carbocycles. The highest BCUT2D eigenvalue weighted by atomic mass is 35.5. The second kappa shape index (κ2) is 8.66. The van der Waals surface area contributed by atoms with Crippen molar-refractivity contribution in [2.75, 3.05) is 0 Å². The molecule has 3 atom stereocenters. The average Bonchev–Trinajstić information content (AvgIpc) is 2.90. The van der Waals surface area contributed by atoms with Gasteiger partial charge in [-0.05, 0) is 37.3 Å². The van der Waals surface area contributed by atoms with Gasteiger partial charge < -0.3 is 4.74 Å². The lowest BCUT2D eigenvalue weighted by molar-refractivity contribution is -0.160. The molecule has 0 aromatic heterocycles. The first-order valence-electron chi connectivity index (χ1n) is 9.42. The molecule has 0 unspecified atom stereocenters. The Balaban J connectivity index is 1.77. The van der Waals surface area contributed by atoms with E-state index in [4.69, 9.17) is 27.9 Å². The van der Waals surface area contributed by atoms with Gasteiger partial charge in [0.15, 0.2) is 0 Å². The first-order valence-corrected chi connectivity index (χ1v) is 10.2. The van der Waals surface area contributed by atoms with E-state index in [1.807, 2.05) is 26.0 Å². The SMILES string of the molecule is CC(C)C[C@H](C(=O)OCc1ccc(Cl)cc1Cl)N1C(=O)[C@H]2CC=CC[C@@H]2C1=O. The molecule has 0 bridgehead atoms. The Bertz CT molecular complexity index is 795. The lowest BCUT2D eigenvalue weighted by Crippen LogP contribution is -2.47. The van der Waals surface area contributed by atoms with E-state index in [0.29, 0.717) is 34.9 Å². The zero-order chi connectivity index (χ0) is 20.4. The third kappa shape index (κ3) is 4.26. The lowest BCUT2D eigenvalue weighted by atomic mass is 9.85. The summed E-state index contributed by atoms with van der Waals surface area (Å²) in [7, 11) is 0. The first-order chi connectivity index (χ1) is 13.3. The van der Waals surface area contributed by atoms with Crippen molar-refractivity contribution in [2.45, 2.75) is 45.8 Å². The molecule has 5 nitrogen and oxygen atoms in total. The lowest BCUT2D eigenvalue weighted by Gasteiger charge is -2.26. The molecule has 1 fully saturated rings. The largest absolute Gasteiger partial charge is 0.459 e. The number of carbonyl (C=O) groups excluding carboxylic acids is 3. The number of allylic oxidation sites excluding steroid dienone is 2. The van der Waals surface area contributed by atoms with Crippen LogP contribution in [0.3, 0.4) is 0 Å². The van der Waals surface area contributed by atoms with Gasteiger partial charge in [-0.15, -0.1) is 0 Å². The van der Waals surface area contributed by atoms with E-state index < -0.39 is 12.0 Å². The molecule has 1 aliphatic carbocycles. The number of amides is 2. The Kier molecular flexibility index (Phi) is 6.46. The molecule has 2 amide bonds. The summed E-state index contributed by atoms with van der Waals surface area (Å²) in [6, 6.07) is 4.00. The molecule has 1 aliphatic heterocycles. The molecule has 3 rings (SSSR count). The molecular weight excluding hydrogens is 401 g/mol. The van der Waals surface area contributed by atoms with Crippen LogP contribution in [0.4, 0.5) is 0 Å². The number of rotatable bonds is 6. The first kappa shape index (κ1) is 20.9. The third-order valence-electron chi connectivity index (χ3n) is 5.21. The minimum absolute atomic E-state index is 0.0476. The monoisotopic (exact) mass is 423 g/mol. The second-order valence-corrected chi connectivity index (χ2v) is 8.53. The topological polar surface area (TPSA) is 63.7 Å². The van der Waals surface area contributed by atoms with Gasteiger partial charge in [-0.1, -0.05) is 55.3 Å². The van der Waals surface area contributed by atoms with Crippen LogP contribution in [0.2, 0.25) is 10.0 Å². The molecule has 1 heterocycles. The summed E-state index contributed by atoms with van der Waals surface area (Å²) in [6.07, 6.45) is 5.28. The van der Waals surface area contributed by atoms with E-state index in [0.717, 1.165) is 4.90 Å². The predicted molar refractivity (Wildman–Crippen MR) is 107 cm³/mol. The number of likely N-dealkylation sites (tertiary alicyclic amines) is 1. The van der Waals surface area contributed by atoms with Gasteiger partial charge >= 0.3 is 5.97 Å². The highest BCUT2D eigenvalue weighted by Crippen LogP contribution is 2.37. The van der Waals surface area contributed by atoms with Gasteiger partial charge in [0.2, 0.25) is 11.8 Å². The average molecular weight is 424 g/mol. The zero-order valence-electron chi connectivity index (χ0n) is 15.9. The van der Waals surface area contributed by atoms with E-state index in [9.17, 15) is 14.4 Å². The molecule has 0 N–H and O–H groups in total. The smallest absolute Gasteiger partial charge is 0.329 e. The fourth-order valence-electron chi connectivity index (χ4n) is 3.77. The van der Waals surface area contributed by atoms with Crippen LogP contribution in [-0.2, 0) is 25.7 Å². The van der Waals surface area contributed by atoms with Crippen molar-refractivity contribution in [1.82, 2.24) is 4.90 Å². The van der Waals surface area contributed by atoms with Gasteiger partial charge in [0.05, 0.1) is 11.8 Å². The number of hydrogen-bond acceptors (Lipinski definition) is 4. The summed E-state index contributed by atoms with van der Waals surface area (Å²) >= 11 is 12.0. The van der Waals surface area contributed by atoms with E-state index in [1.54, 1.807) is 18.2 Å². The predicted octanol–water partition coefficient (Wildman–Crippen LogP) is 4.40. The van der Waals surface area contributed by atoms with Crippen molar-refractivity contribution in [3.8, 4) is 0 Å². The van der Waals surface area contributed by atoms with Crippen LogP contribution in [0.1, 0.15) is 38.7 Å². The van der Waals surface area contributed by atoms with Crippen molar-refractivity contribution in [3.63, 3.8) is 0 Å². The molecule has 2 aliphatic rings. The fourth-order valence-corrected chi connectivity index (χ4v) is 4.23. The van der Waals surface area contributed by atoms with E-state index in [1.165, 1.54) is 0 Å². The number of ether oxygens (including phenoxy) is 1. The van der Waals surface area contributed by atoms with Crippen LogP contribution >= 0.6 is 23.2 Å². The molecule has 7 heteroatoms. The summed E-state index contributed by atoms with van der Waals surface area (Å²) < 4.78 is 5.45. The normalized spacial score (nSPS) is 22.5. The van der Waals surface area contributed by atoms with Crippen molar-refractivity contribution < 1.29 is 19.1 Å². The Morgan fingerprint density at radius 1 is 1.14 bits per heavy atom. The van der Waals surface area contributed by atoms with Crippen molar-refractivity contribution in [1.29, 1.82) is 0 Å². The molecule has 1 aromatic rings. The molecule has 0 saturated carbocycles. The third-order valence-corrected chi connectivity index (χ3v) is 5.79. The Labute approximate surface area is 174 Å². The van der Waals surface area contributed by atoms with E-state index in [-0.39, 0.29) is 36.2 Å². The highest BCUT2D eigenvalue weighted by molar-refractivity contribution is 6.35. The summed E-state index contributed by atoms with van der Waals surface area (Å²) in [4.78, 5) is 39.7. The number of imide groups is 1. The number of halogens is 2. The van der Waals surface area contributed by atoms with Gasteiger partial charge in [-0.2, -0.15) is 0 Å². The summed E-state index contributed by atoms with van der Waals surface area (Å²) in [6.45, 7) is 3.83. The number of hydrogen-bond donors (Lipinski definition) is 0. The van der Waals surface area contributed by atoms with Crippen molar-refractivity contribution in [2.24, 2.45) is 17.8 Å². The maximum absolute atomic E-state index is 12.9. The molecule has 0 spiro atoms. The van der Waals surface area contributed by atoms with Crippen LogP contribution in [-0.4, -0.2) is 28.7 Å². The molecule has 28 heavy (non-hydrogen) atoms. The van der Waals surface area contributed by atoms with Gasteiger partial charge in [-0.25, -0.2) is 4.79 Å². The number of carbonyl (C=O) groups is 3. The number of nitrogens with zero attached hydrogens (tertiary/aromatic N) is 1. The summed E-state index contributed by atoms with van der Waals surface area (Å²) in [5.41, 5.74) is 0.611. The number of fused-ring (bicyclic) bond motifs is 1. The van der Waals surface area contributed by atoms with E-state index in [2.05, 4.69) is 0 Å². The van der Waals surface area contributed by atoms with Gasteiger partial charge in [0.1, 0.15) is 12.6 Å². The van der Waals surface area contributed by atoms with Gasteiger partial charge in [0.25, 0.3) is 0 Å². The van der Waals surface area contributed by atoms with Gasteiger partial charge in [-0.3, -0.25) is 14.5 Å². The zero-order valence-corrected chi connectivity index (χ0v) is 17.4. The minimum Gasteiger partial charge on any atom is -0.459 e. The van der Waals surface area contributed by atoms with Gasteiger partial charge in [0, 0.05) is 15.6 Å².